The first-order chi connectivity index (χ1) is 7.58. The van der Waals surface area contributed by atoms with Crippen LogP contribution < -0.4 is 0 Å². The number of carbonyl (C=O) groups is 1. The minimum Gasteiger partial charge on any atom is -0.391 e. The van der Waals surface area contributed by atoms with E-state index in [0.29, 0.717) is 35.1 Å². The third-order valence-electron chi connectivity index (χ3n) is 2.62. The zero-order valence-electron chi connectivity index (χ0n) is 8.49. The molecule has 1 aromatic carbocycles. The standard InChI is InChI=1S/C11H11Cl2NO2/c12-9-2-1-7(5-10(9)13)11(16)14-4-3-8(15)6-14/h1-2,5,8,15H,3-4,6H2/t8-/m1/s1. The molecule has 1 aromatic rings. The van der Waals surface area contributed by atoms with Crippen molar-refractivity contribution in [3.63, 3.8) is 0 Å². The highest BCUT2D eigenvalue weighted by Crippen LogP contribution is 2.24. The molecule has 1 aliphatic rings. The quantitative estimate of drug-likeness (QED) is 0.840. The lowest BCUT2D eigenvalue weighted by molar-refractivity contribution is 0.0765. The summed E-state index contributed by atoms with van der Waals surface area (Å²) in [7, 11) is 0. The Hall–Kier alpha value is -0.770. The van der Waals surface area contributed by atoms with Gasteiger partial charge in [0.25, 0.3) is 5.91 Å². The molecule has 0 aliphatic carbocycles. The Bertz CT molecular complexity index is 422. The van der Waals surface area contributed by atoms with Gasteiger partial charge in [-0.15, -0.1) is 0 Å². The number of aliphatic hydroxyl groups is 1. The molecule has 2 rings (SSSR count). The van der Waals surface area contributed by atoms with Gasteiger partial charge in [-0.3, -0.25) is 4.79 Å². The van der Waals surface area contributed by atoms with Crippen LogP contribution in [0.15, 0.2) is 18.2 Å². The summed E-state index contributed by atoms with van der Waals surface area (Å²) in [6, 6.07) is 4.79. The fourth-order valence-electron chi connectivity index (χ4n) is 1.74. The van der Waals surface area contributed by atoms with Crippen molar-refractivity contribution < 1.29 is 9.90 Å². The summed E-state index contributed by atoms with van der Waals surface area (Å²) in [6.07, 6.45) is 0.222. The Morgan fingerprint density at radius 2 is 2.12 bits per heavy atom. The summed E-state index contributed by atoms with van der Waals surface area (Å²) < 4.78 is 0. The summed E-state index contributed by atoms with van der Waals surface area (Å²) in [6.45, 7) is 0.972. The van der Waals surface area contributed by atoms with Crippen LogP contribution >= 0.6 is 23.2 Å². The molecular formula is C11H11Cl2NO2. The Morgan fingerprint density at radius 3 is 2.69 bits per heavy atom. The summed E-state index contributed by atoms with van der Waals surface area (Å²) in [5, 5.41) is 10.2. The summed E-state index contributed by atoms with van der Waals surface area (Å²) in [4.78, 5) is 13.6. The van der Waals surface area contributed by atoms with Crippen molar-refractivity contribution in [1.29, 1.82) is 0 Å². The number of β-amino-alcohol motifs (C(OH)–C–C–N with tert-alkyl or cyclic N) is 1. The molecule has 86 valence electrons. The molecule has 5 heteroatoms. The largest absolute Gasteiger partial charge is 0.391 e. The SMILES string of the molecule is O=C(c1ccc(Cl)c(Cl)c1)N1CC[C@@H](O)C1. The molecule has 1 aliphatic heterocycles. The number of hydrogen-bond donors (Lipinski definition) is 1. The van der Waals surface area contributed by atoms with Crippen molar-refractivity contribution in [2.75, 3.05) is 13.1 Å². The highest BCUT2D eigenvalue weighted by atomic mass is 35.5. The van der Waals surface area contributed by atoms with E-state index in [4.69, 9.17) is 23.2 Å². The molecule has 1 atom stereocenters. The molecule has 1 fully saturated rings. The molecule has 0 aromatic heterocycles. The Kier molecular flexibility index (Phi) is 3.38. The molecule has 0 unspecified atom stereocenters. The second-order valence-electron chi connectivity index (χ2n) is 3.82. The lowest BCUT2D eigenvalue weighted by Crippen LogP contribution is -2.29. The fourth-order valence-corrected chi connectivity index (χ4v) is 2.04. The van der Waals surface area contributed by atoms with Gasteiger partial charge >= 0.3 is 0 Å². The Morgan fingerprint density at radius 1 is 1.38 bits per heavy atom. The molecular weight excluding hydrogens is 249 g/mol. The molecule has 0 spiro atoms. The van der Waals surface area contributed by atoms with Gasteiger partial charge in [-0.05, 0) is 24.6 Å². The van der Waals surface area contributed by atoms with Crippen molar-refractivity contribution >= 4 is 29.1 Å². The van der Waals surface area contributed by atoms with Gasteiger partial charge in [0.05, 0.1) is 16.1 Å². The van der Waals surface area contributed by atoms with Gasteiger partial charge in [0.1, 0.15) is 0 Å². The van der Waals surface area contributed by atoms with Gasteiger partial charge in [0, 0.05) is 18.7 Å². The molecule has 1 N–H and O–H groups in total. The van der Waals surface area contributed by atoms with Crippen LogP contribution in [0.2, 0.25) is 10.0 Å². The second-order valence-corrected chi connectivity index (χ2v) is 4.64. The third-order valence-corrected chi connectivity index (χ3v) is 3.36. The predicted molar refractivity (Wildman–Crippen MR) is 63.0 cm³/mol. The van der Waals surface area contributed by atoms with Crippen LogP contribution in [0.1, 0.15) is 16.8 Å². The van der Waals surface area contributed by atoms with Crippen molar-refractivity contribution in [1.82, 2.24) is 4.90 Å². The second kappa shape index (κ2) is 4.62. The maximum Gasteiger partial charge on any atom is 0.253 e. The smallest absolute Gasteiger partial charge is 0.253 e. The first-order valence-corrected chi connectivity index (χ1v) is 5.76. The van der Waals surface area contributed by atoms with Gasteiger partial charge in [-0.2, -0.15) is 0 Å². The molecule has 1 saturated heterocycles. The molecule has 0 radical (unpaired) electrons. The van der Waals surface area contributed by atoms with E-state index < -0.39 is 6.10 Å². The van der Waals surface area contributed by atoms with Crippen LogP contribution in [0.4, 0.5) is 0 Å². The van der Waals surface area contributed by atoms with E-state index in [9.17, 15) is 9.90 Å². The van der Waals surface area contributed by atoms with Crippen LogP contribution in [0.25, 0.3) is 0 Å². The van der Waals surface area contributed by atoms with Crippen LogP contribution in [-0.4, -0.2) is 35.1 Å². The highest BCUT2D eigenvalue weighted by Gasteiger charge is 2.25. The first kappa shape index (κ1) is 11.7. The summed E-state index contributed by atoms with van der Waals surface area (Å²) in [5.41, 5.74) is 0.503. The number of likely N-dealkylation sites (tertiary alicyclic amines) is 1. The van der Waals surface area contributed by atoms with E-state index in [1.807, 2.05) is 0 Å². The molecule has 16 heavy (non-hydrogen) atoms. The van der Waals surface area contributed by atoms with E-state index in [1.54, 1.807) is 23.1 Å². The van der Waals surface area contributed by atoms with E-state index >= 15 is 0 Å². The monoisotopic (exact) mass is 259 g/mol. The van der Waals surface area contributed by atoms with E-state index in [1.165, 1.54) is 0 Å². The first-order valence-electron chi connectivity index (χ1n) is 5.00. The molecule has 1 heterocycles. The molecule has 0 bridgehead atoms. The van der Waals surface area contributed by atoms with Gasteiger partial charge in [-0.25, -0.2) is 0 Å². The number of nitrogens with zero attached hydrogens (tertiary/aromatic N) is 1. The van der Waals surface area contributed by atoms with Crippen LogP contribution in [0.5, 0.6) is 0 Å². The maximum atomic E-state index is 12.0. The number of carbonyl (C=O) groups excluding carboxylic acids is 1. The van der Waals surface area contributed by atoms with Gasteiger partial charge < -0.3 is 10.0 Å². The molecule has 3 nitrogen and oxygen atoms in total. The van der Waals surface area contributed by atoms with Crippen LogP contribution in [-0.2, 0) is 0 Å². The third kappa shape index (κ3) is 2.32. The Labute approximate surface area is 104 Å². The van der Waals surface area contributed by atoms with E-state index in [-0.39, 0.29) is 5.91 Å². The van der Waals surface area contributed by atoms with Crippen LogP contribution in [0, 0.1) is 0 Å². The lowest BCUT2D eigenvalue weighted by atomic mass is 10.2. The normalized spacial score (nSPS) is 20.2. The summed E-state index contributed by atoms with van der Waals surface area (Å²) >= 11 is 11.6. The van der Waals surface area contributed by atoms with Gasteiger partial charge in [0.2, 0.25) is 0 Å². The number of aliphatic hydroxyl groups excluding tert-OH is 1. The summed E-state index contributed by atoms with van der Waals surface area (Å²) in [5.74, 6) is -0.116. The topological polar surface area (TPSA) is 40.5 Å². The average Bonchev–Trinajstić information content (AvgIpc) is 2.68. The highest BCUT2D eigenvalue weighted by molar-refractivity contribution is 6.42. The minimum absolute atomic E-state index is 0.116. The van der Waals surface area contributed by atoms with Crippen molar-refractivity contribution in [2.45, 2.75) is 12.5 Å². The number of hydrogen-bond acceptors (Lipinski definition) is 2. The van der Waals surface area contributed by atoms with E-state index in [2.05, 4.69) is 0 Å². The molecule has 1 amide bonds. The zero-order valence-corrected chi connectivity index (χ0v) is 10.0. The van der Waals surface area contributed by atoms with Gasteiger partial charge in [-0.1, -0.05) is 23.2 Å². The van der Waals surface area contributed by atoms with Crippen molar-refractivity contribution in [3.05, 3.63) is 33.8 Å². The lowest BCUT2D eigenvalue weighted by Gasteiger charge is -2.15. The minimum atomic E-state index is -0.410. The number of halogens is 2. The number of rotatable bonds is 1. The number of amides is 1. The fraction of sp³-hybridized carbons (Fsp3) is 0.364. The van der Waals surface area contributed by atoms with Gasteiger partial charge in [0.15, 0.2) is 0 Å². The predicted octanol–water partition coefficient (Wildman–Crippen LogP) is 2.20. The van der Waals surface area contributed by atoms with Crippen molar-refractivity contribution in [3.8, 4) is 0 Å². The van der Waals surface area contributed by atoms with Crippen LogP contribution in [0.3, 0.4) is 0 Å². The van der Waals surface area contributed by atoms with E-state index in [0.717, 1.165) is 0 Å². The molecule has 0 saturated carbocycles. The zero-order chi connectivity index (χ0) is 11.7. The van der Waals surface area contributed by atoms with Crippen molar-refractivity contribution in [2.24, 2.45) is 0 Å². The average molecular weight is 260 g/mol. The Balaban J connectivity index is 2.18. The number of benzene rings is 1. The maximum absolute atomic E-state index is 12.0.